The second kappa shape index (κ2) is 10.9. The van der Waals surface area contributed by atoms with Crippen molar-refractivity contribution >= 4 is 6.09 Å². The molecule has 3 aromatic carbocycles. The fraction of sp³-hybridized carbons (Fsp3) is 0.367. The molecule has 0 bridgehead atoms. The number of amides is 1. The van der Waals surface area contributed by atoms with Gasteiger partial charge in [-0.3, -0.25) is 0 Å². The Kier molecular flexibility index (Phi) is 7.25. The number of hydrogen-bond donors (Lipinski definition) is 0. The van der Waals surface area contributed by atoms with Gasteiger partial charge in [0, 0.05) is 19.0 Å². The van der Waals surface area contributed by atoms with E-state index in [4.69, 9.17) is 4.74 Å². The second-order valence-electron chi connectivity index (χ2n) is 9.72. The van der Waals surface area contributed by atoms with E-state index >= 15 is 0 Å². The standard InChI is InChI=1S/C30H34N2O2/c33-30(34-28-12-5-2-6-13-28)32-22-26-11-7-8-14-29(26)27(23-32)17-20-31-18-15-25(16-19-31)21-24-9-3-1-4-10-24/h1-14,25,27H,15-23H2. The molecule has 1 fully saturated rings. The van der Waals surface area contributed by atoms with Crippen LogP contribution in [0.4, 0.5) is 4.79 Å². The Balaban J connectivity index is 1.16. The molecule has 2 aliphatic heterocycles. The highest BCUT2D eigenvalue weighted by atomic mass is 16.6. The fourth-order valence-electron chi connectivity index (χ4n) is 5.45. The summed E-state index contributed by atoms with van der Waals surface area (Å²) in [7, 11) is 0. The predicted molar refractivity (Wildman–Crippen MR) is 136 cm³/mol. The Bertz CT molecular complexity index is 1060. The van der Waals surface area contributed by atoms with Gasteiger partial charge in [0.15, 0.2) is 0 Å². The van der Waals surface area contributed by atoms with Gasteiger partial charge in [-0.1, -0.05) is 72.8 Å². The van der Waals surface area contributed by atoms with Crippen LogP contribution >= 0.6 is 0 Å². The predicted octanol–water partition coefficient (Wildman–Crippen LogP) is 6.13. The number of carbonyl (C=O) groups is 1. The molecule has 0 aliphatic carbocycles. The molecule has 2 aliphatic rings. The van der Waals surface area contributed by atoms with Crippen LogP contribution in [0.5, 0.6) is 5.75 Å². The minimum atomic E-state index is -0.257. The van der Waals surface area contributed by atoms with Crippen molar-refractivity contribution < 1.29 is 9.53 Å². The minimum Gasteiger partial charge on any atom is -0.410 e. The maximum absolute atomic E-state index is 12.9. The van der Waals surface area contributed by atoms with E-state index in [0.717, 1.165) is 18.9 Å². The molecule has 0 radical (unpaired) electrons. The summed E-state index contributed by atoms with van der Waals surface area (Å²) in [5, 5.41) is 0. The lowest BCUT2D eigenvalue weighted by atomic mass is 9.86. The van der Waals surface area contributed by atoms with Crippen molar-refractivity contribution in [2.75, 3.05) is 26.2 Å². The van der Waals surface area contributed by atoms with Gasteiger partial charge in [-0.05, 0) is 80.1 Å². The summed E-state index contributed by atoms with van der Waals surface area (Å²) in [6.07, 6.45) is 4.54. The van der Waals surface area contributed by atoms with Crippen LogP contribution in [-0.4, -0.2) is 42.1 Å². The first-order valence-corrected chi connectivity index (χ1v) is 12.6. The average molecular weight is 455 g/mol. The van der Waals surface area contributed by atoms with Crippen LogP contribution in [0.2, 0.25) is 0 Å². The third-order valence-electron chi connectivity index (χ3n) is 7.37. The van der Waals surface area contributed by atoms with Gasteiger partial charge < -0.3 is 14.5 Å². The zero-order valence-corrected chi connectivity index (χ0v) is 19.8. The molecule has 1 saturated heterocycles. The normalized spacial score (nSPS) is 18.9. The largest absolute Gasteiger partial charge is 0.415 e. The van der Waals surface area contributed by atoms with Gasteiger partial charge in [-0.25, -0.2) is 4.79 Å². The lowest BCUT2D eigenvalue weighted by Crippen LogP contribution is -2.41. The topological polar surface area (TPSA) is 32.8 Å². The van der Waals surface area contributed by atoms with Gasteiger partial charge >= 0.3 is 6.09 Å². The number of rotatable bonds is 6. The molecular formula is C30H34N2O2. The van der Waals surface area contributed by atoms with E-state index in [2.05, 4.69) is 59.5 Å². The molecule has 5 rings (SSSR count). The number of fused-ring (bicyclic) bond motifs is 1. The third kappa shape index (κ3) is 5.68. The van der Waals surface area contributed by atoms with Gasteiger partial charge in [0.05, 0.1) is 0 Å². The van der Waals surface area contributed by atoms with Crippen LogP contribution in [0.25, 0.3) is 0 Å². The SMILES string of the molecule is O=C(Oc1ccccc1)N1Cc2ccccc2C(CCN2CCC(Cc3ccccc3)CC2)C1. The van der Waals surface area contributed by atoms with Gasteiger partial charge in [0.1, 0.15) is 5.75 Å². The maximum atomic E-state index is 12.9. The summed E-state index contributed by atoms with van der Waals surface area (Å²) in [6, 6.07) is 28.8. The molecule has 34 heavy (non-hydrogen) atoms. The summed E-state index contributed by atoms with van der Waals surface area (Å²) in [5.41, 5.74) is 4.10. The maximum Gasteiger partial charge on any atom is 0.415 e. The van der Waals surface area contributed by atoms with E-state index in [1.54, 1.807) is 0 Å². The van der Waals surface area contributed by atoms with Crippen molar-refractivity contribution in [1.82, 2.24) is 9.80 Å². The van der Waals surface area contributed by atoms with E-state index in [9.17, 15) is 4.79 Å². The zero-order chi connectivity index (χ0) is 23.2. The zero-order valence-electron chi connectivity index (χ0n) is 19.8. The summed E-state index contributed by atoms with van der Waals surface area (Å²) in [5.74, 6) is 1.73. The van der Waals surface area contributed by atoms with Gasteiger partial charge in [-0.2, -0.15) is 0 Å². The summed E-state index contributed by atoms with van der Waals surface area (Å²) >= 11 is 0. The molecule has 1 unspecified atom stereocenters. The fourth-order valence-corrected chi connectivity index (χ4v) is 5.45. The summed E-state index contributed by atoms with van der Waals surface area (Å²) < 4.78 is 5.65. The molecule has 0 saturated carbocycles. The number of nitrogens with zero attached hydrogens (tertiary/aromatic N) is 2. The van der Waals surface area contributed by atoms with Crippen LogP contribution in [0.1, 0.15) is 41.9 Å². The molecule has 4 heteroatoms. The summed E-state index contributed by atoms with van der Waals surface area (Å²) in [4.78, 5) is 17.4. The van der Waals surface area contributed by atoms with Crippen LogP contribution in [0.3, 0.4) is 0 Å². The van der Waals surface area contributed by atoms with Crippen molar-refractivity contribution in [3.8, 4) is 5.75 Å². The van der Waals surface area contributed by atoms with E-state index in [-0.39, 0.29) is 6.09 Å². The molecular weight excluding hydrogens is 420 g/mol. The van der Waals surface area contributed by atoms with Crippen molar-refractivity contribution in [2.24, 2.45) is 5.92 Å². The number of benzene rings is 3. The number of ether oxygens (including phenoxy) is 1. The van der Waals surface area contributed by atoms with E-state index in [0.29, 0.717) is 24.8 Å². The number of para-hydroxylation sites is 1. The van der Waals surface area contributed by atoms with Crippen molar-refractivity contribution in [3.63, 3.8) is 0 Å². The lowest BCUT2D eigenvalue weighted by Gasteiger charge is -2.36. The van der Waals surface area contributed by atoms with Crippen LogP contribution in [0.15, 0.2) is 84.9 Å². The van der Waals surface area contributed by atoms with Crippen LogP contribution < -0.4 is 4.74 Å². The highest BCUT2D eigenvalue weighted by Crippen LogP contribution is 2.32. The monoisotopic (exact) mass is 454 g/mol. The molecule has 3 aromatic rings. The number of likely N-dealkylation sites (tertiary alicyclic amines) is 1. The second-order valence-corrected chi connectivity index (χ2v) is 9.72. The quantitative estimate of drug-likeness (QED) is 0.449. The molecule has 0 spiro atoms. The molecule has 0 N–H and O–H groups in total. The first-order chi connectivity index (χ1) is 16.7. The van der Waals surface area contributed by atoms with Gasteiger partial charge in [-0.15, -0.1) is 0 Å². The number of hydrogen-bond acceptors (Lipinski definition) is 3. The van der Waals surface area contributed by atoms with Crippen LogP contribution in [0, 0.1) is 5.92 Å². The highest BCUT2D eigenvalue weighted by Gasteiger charge is 2.30. The summed E-state index contributed by atoms with van der Waals surface area (Å²) in [6.45, 7) is 4.76. The molecule has 2 heterocycles. The smallest absolute Gasteiger partial charge is 0.410 e. The number of carbonyl (C=O) groups excluding carboxylic acids is 1. The van der Waals surface area contributed by atoms with Crippen molar-refractivity contribution in [3.05, 3.63) is 102 Å². The average Bonchev–Trinajstić information content (AvgIpc) is 2.89. The highest BCUT2D eigenvalue weighted by molar-refractivity contribution is 5.71. The Morgan fingerprint density at radius 2 is 1.53 bits per heavy atom. The minimum absolute atomic E-state index is 0.257. The first kappa shape index (κ1) is 22.7. The lowest BCUT2D eigenvalue weighted by molar-refractivity contribution is 0.135. The Hall–Kier alpha value is -3.11. The Morgan fingerprint density at radius 1 is 0.853 bits per heavy atom. The molecule has 4 nitrogen and oxygen atoms in total. The van der Waals surface area contributed by atoms with Gasteiger partial charge in [0.25, 0.3) is 0 Å². The molecule has 0 aromatic heterocycles. The van der Waals surface area contributed by atoms with Crippen LogP contribution in [-0.2, 0) is 13.0 Å². The van der Waals surface area contributed by atoms with E-state index < -0.39 is 0 Å². The van der Waals surface area contributed by atoms with E-state index in [1.165, 1.54) is 49.0 Å². The molecule has 176 valence electrons. The van der Waals surface area contributed by atoms with Gasteiger partial charge in [0.2, 0.25) is 0 Å². The molecule has 1 amide bonds. The van der Waals surface area contributed by atoms with E-state index in [1.807, 2.05) is 35.2 Å². The molecule has 1 atom stereocenters. The Morgan fingerprint density at radius 3 is 2.29 bits per heavy atom. The first-order valence-electron chi connectivity index (χ1n) is 12.6. The number of piperidine rings is 1. The Labute approximate surface area is 203 Å². The van der Waals surface area contributed by atoms with Crippen molar-refractivity contribution in [2.45, 2.75) is 38.1 Å². The van der Waals surface area contributed by atoms with Crippen molar-refractivity contribution in [1.29, 1.82) is 0 Å². The third-order valence-corrected chi connectivity index (χ3v) is 7.37.